The third kappa shape index (κ3) is 3.80. The van der Waals surface area contributed by atoms with Gasteiger partial charge in [0.05, 0.1) is 19.3 Å². The van der Waals surface area contributed by atoms with Crippen LogP contribution in [0.1, 0.15) is 26.3 Å². The minimum atomic E-state index is -0.913. The first-order chi connectivity index (χ1) is 7.99. The van der Waals surface area contributed by atoms with Gasteiger partial charge in [-0.05, 0) is 18.4 Å². The Morgan fingerprint density at radius 3 is 2.29 bits per heavy atom. The van der Waals surface area contributed by atoms with Crippen LogP contribution in [0.25, 0.3) is 0 Å². The fraction of sp³-hybridized carbons (Fsp3) is 0.571. The molecule has 0 spiro atoms. The summed E-state index contributed by atoms with van der Waals surface area (Å²) in [4.78, 5) is 0. The van der Waals surface area contributed by atoms with Crippen molar-refractivity contribution in [1.29, 1.82) is 0 Å². The molecule has 17 heavy (non-hydrogen) atoms. The third-order valence-corrected chi connectivity index (χ3v) is 2.98. The summed E-state index contributed by atoms with van der Waals surface area (Å²) in [5.74, 6) is 0.0444. The van der Waals surface area contributed by atoms with E-state index in [1.54, 1.807) is 6.92 Å². The molecule has 0 heterocycles. The van der Waals surface area contributed by atoms with E-state index in [0.29, 0.717) is 6.61 Å². The first-order valence-corrected chi connectivity index (χ1v) is 5.96. The molecule has 0 saturated heterocycles. The average Bonchev–Trinajstić information content (AvgIpc) is 2.36. The highest BCUT2D eigenvalue weighted by Gasteiger charge is 2.35. The van der Waals surface area contributed by atoms with Gasteiger partial charge in [0.25, 0.3) is 0 Å². The molecule has 1 rings (SSSR count). The summed E-state index contributed by atoms with van der Waals surface area (Å²) in [6.45, 7) is 5.75. The molecule has 0 aliphatic rings. The molecule has 0 aromatic heterocycles. The molecule has 0 aliphatic carbocycles. The van der Waals surface area contributed by atoms with Gasteiger partial charge in [-0.15, -0.1) is 0 Å². The molecule has 3 heteroatoms. The molecule has 0 unspecified atom stereocenters. The van der Waals surface area contributed by atoms with Gasteiger partial charge in [-0.2, -0.15) is 0 Å². The second kappa shape index (κ2) is 6.15. The Hall–Kier alpha value is -0.900. The maximum Gasteiger partial charge on any atom is 0.115 e. The third-order valence-electron chi connectivity index (χ3n) is 2.98. The normalized spacial score (nSPS) is 16.8. The molecule has 0 amide bonds. The lowest BCUT2D eigenvalue weighted by atomic mass is 9.91. The number of aliphatic hydroxyl groups excluding tert-OH is 2. The zero-order chi connectivity index (χ0) is 12.9. The van der Waals surface area contributed by atoms with E-state index in [-0.39, 0.29) is 12.5 Å². The van der Waals surface area contributed by atoms with Crippen LogP contribution < -0.4 is 0 Å². The fourth-order valence-corrected chi connectivity index (χ4v) is 1.75. The van der Waals surface area contributed by atoms with E-state index in [1.165, 1.54) is 0 Å². The van der Waals surface area contributed by atoms with Gasteiger partial charge in [0.1, 0.15) is 5.60 Å². The topological polar surface area (TPSA) is 49.7 Å². The summed E-state index contributed by atoms with van der Waals surface area (Å²) in [6.07, 6.45) is -0.684. The molecule has 96 valence electrons. The van der Waals surface area contributed by atoms with Crippen molar-refractivity contribution in [2.45, 2.75) is 39.1 Å². The predicted molar refractivity (Wildman–Crippen MR) is 67.6 cm³/mol. The van der Waals surface area contributed by atoms with E-state index in [9.17, 15) is 10.2 Å². The lowest BCUT2D eigenvalue weighted by Gasteiger charge is -2.35. The van der Waals surface area contributed by atoms with Crippen LogP contribution in [0, 0.1) is 5.92 Å². The highest BCUT2D eigenvalue weighted by atomic mass is 16.5. The van der Waals surface area contributed by atoms with Crippen LogP contribution in [0.3, 0.4) is 0 Å². The highest BCUT2D eigenvalue weighted by Crippen LogP contribution is 2.22. The second-order valence-electron chi connectivity index (χ2n) is 4.93. The van der Waals surface area contributed by atoms with Gasteiger partial charge in [-0.1, -0.05) is 44.2 Å². The first kappa shape index (κ1) is 14.2. The fourth-order valence-electron chi connectivity index (χ4n) is 1.75. The summed E-state index contributed by atoms with van der Waals surface area (Å²) < 4.78 is 5.69. The molecular formula is C14H22O3. The largest absolute Gasteiger partial charge is 0.393 e. The zero-order valence-corrected chi connectivity index (χ0v) is 10.8. The molecule has 3 nitrogen and oxygen atoms in total. The van der Waals surface area contributed by atoms with Gasteiger partial charge >= 0.3 is 0 Å². The van der Waals surface area contributed by atoms with E-state index in [2.05, 4.69) is 0 Å². The second-order valence-corrected chi connectivity index (χ2v) is 4.93. The number of rotatable bonds is 6. The SMILES string of the molecule is CC(C)[C@@H](O)[C@@](C)(CO)OCc1ccccc1. The van der Waals surface area contributed by atoms with Crippen LogP contribution in [-0.2, 0) is 11.3 Å². The van der Waals surface area contributed by atoms with Crippen molar-refractivity contribution in [2.75, 3.05) is 6.61 Å². The summed E-state index contributed by atoms with van der Waals surface area (Å²) in [5.41, 5.74) is 0.118. The lowest BCUT2D eigenvalue weighted by Crippen LogP contribution is -2.48. The molecule has 0 saturated carbocycles. The molecule has 2 atom stereocenters. The van der Waals surface area contributed by atoms with Crippen molar-refractivity contribution < 1.29 is 14.9 Å². The van der Waals surface area contributed by atoms with Crippen molar-refractivity contribution >= 4 is 0 Å². The minimum Gasteiger partial charge on any atom is -0.393 e. The van der Waals surface area contributed by atoms with E-state index in [4.69, 9.17) is 4.74 Å². The summed E-state index contributed by atoms with van der Waals surface area (Å²) in [7, 11) is 0. The van der Waals surface area contributed by atoms with Crippen LogP contribution >= 0.6 is 0 Å². The summed E-state index contributed by atoms with van der Waals surface area (Å²) in [5, 5.41) is 19.4. The van der Waals surface area contributed by atoms with Crippen LogP contribution in [-0.4, -0.2) is 28.5 Å². The maximum absolute atomic E-state index is 10.0. The predicted octanol–water partition coefficient (Wildman–Crippen LogP) is 1.97. The van der Waals surface area contributed by atoms with Crippen molar-refractivity contribution in [3.05, 3.63) is 35.9 Å². The van der Waals surface area contributed by atoms with Gasteiger partial charge in [-0.25, -0.2) is 0 Å². The van der Waals surface area contributed by atoms with Crippen LogP contribution in [0.15, 0.2) is 30.3 Å². The first-order valence-electron chi connectivity index (χ1n) is 5.96. The Morgan fingerprint density at radius 2 is 1.82 bits per heavy atom. The Bertz CT molecular complexity index is 323. The standard InChI is InChI=1S/C14H22O3/c1-11(2)13(16)14(3,10-15)17-9-12-7-5-4-6-8-12/h4-8,11,13,15-16H,9-10H2,1-3H3/t13-,14-/m1/s1. The molecule has 0 bridgehead atoms. The van der Waals surface area contributed by atoms with Gasteiger partial charge < -0.3 is 14.9 Å². The Balaban J connectivity index is 2.64. The Morgan fingerprint density at radius 1 is 1.24 bits per heavy atom. The van der Waals surface area contributed by atoms with Crippen LogP contribution in [0.2, 0.25) is 0 Å². The van der Waals surface area contributed by atoms with Gasteiger partial charge in [0.15, 0.2) is 0 Å². The van der Waals surface area contributed by atoms with E-state index >= 15 is 0 Å². The Labute approximate surface area is 103 Å². The Kier molecular flexibility index (Phi) is 5.12. The van der Waals surface area contributed by atoms with E-state index < -0.39 is 11.7 Å². The maximum atomic E-state index is 10.0. The zero-order valence-electron chi connectivity index (χ0n) is 10.8. The van der Waals surface area contributed by atoms with Crippen molar-refractivity contribution in [1.82, 2.24) is 0 Å². The molecule has 0 fully saturated rings. The monoisotopic (exact) mass is 238 g/mol. The van der Waals surface area contributed by atoms with Crippen LogP contribution in [0.4, 0.5) is 0 Å². The summed E-state index contributed by atoms with van der Waals surface area (Å²) >= 11 is 0. The quantitative estimate of drug-likeness (QED) is 0.796. The van der Waals surface area contributed by atoms with Crippen molar-refractivity contribution in [3.8, 4) is 0 Å². The number of ether oxygens (including phenoxy) is 1. The van der Waals surface area contributed by atoms with Gasteiger partial charge in [0.2, 0.25) is 0 Å². The van der Waals surface area contributed by atoms with Gasteiger partial charge in [-0.3, -0.25) is 0 Å². The van der Waals surface area contributed by atoms with Crippen molar-refractivity contribution in [2.24, 2.45) is 5.92 Å². The van der Waals surface area contributed by atoms with E-state index in [1.807, 2.05) is 44.2 Å². The van der Waals surface area contributed by atoms with E-state index in [0.717, 1.165) is 5.56 Å². The number of aliphatic hydroxyl groups is 2. The average molecular weight is 238 g/mol. The lowest BCUT2D eigenvalue weighted by molar-refractivity contribution is -0.156. The molecule has 1 aromatic rings. The minimum absolute atomic E-state index is 0.0444. The van der Waals surface area contributed by atoms with Gasteiger partial charge in [0, 0.05) is 0 Å². The highest BCUT2D eigenvalue weighted by molar-refractivity contribution is 5.13. The van der Waals surface area contributed by atoms with Crippen molar-refractivity contribution in [3.63, 3.8) is 0 Å². The molecule has 0 radical (unpaired) electrons. The number of benzene rings is 1. The molecule has 1 aromatic carbocycles. The molecule has 2 N–H and O–H groups in total. The van der Waals surface area contributed by atoms with Crippen LogP contribution in [0.5, 0.6) is 0 Å². The summed E-state index contributed by atoms with van der Waals surface area (Å²) in [6, 6.07) is 9.73. The number of hydrogen-bond acceptors (Lipinski definition) is 3. The molecule has 0 aliphatic heterocycles. The molecular weight excluding hydrogens is 216 g/mol. The smallest absolute Gasteiger partial charge is 0.115 e. The number of hydrogen-bond donors (Lipinski definition) is 2.